The molecule has 2 aliphatic rings. The predicted molar refractivity (Wildman–Crippen MR) is 80.3 cm³/mol. The number of urea groups is 1. The lowest BCUT2D eigenvalue weighted by Gasteiger charge is -2.30. The summed E-state index contributed by atoms with van der Waals surface area (Å²) >= 11 is 0. The molecule has 1 saturated carbocycles. The van der Waals surface area contributed by atoms with Gasteiger partial charge >= 0.3 is 12.2 Å². The molecule has 2 N–H and O–H groups in total. The number of rotatable bonds is 3. The van der Waals surface area contributed by atoms with Crippen molar-refractivity contribution in [1.29, 1.82) is 0 Å². The molecule has 0 bridgehead atoms. The third kappa shape index (κ3) is 2.83. The normalized spacial score (nSPS) is 24.5. The van der Waals surface area contributed by atoms with Gasteiger partial charge in [0.25, 0.3) is 17.5 Å². The molecule has 25 heavy (non-hydrogen) atoms. The summed E-state index contributed by atoms with van der Waals surface area (Å²) in [6.45, 7) is 0. The van der Waals surface area contributed by atoms with E-state index in [4.69, 9.17) is 0 Å². The van der Waals surface area contributed by atoms with Gasteiger partial charge in [-0.3, -0.25) is 19.8 Å². The van der Waals surface area contributed by atoms with E-state index in [1.165, 1.54) is 24.3 Å². The molecule has 1 aromatic carbocycles. The quantitative estimate of drug-likeness (QED) is 0.816. The number of nitrogens with one attached hydrogen (secondary N) is 2. The zero-order chi connectivity index (χ0) is 18.2. The predicted octanol–water partition coefficient (Wildman–Crippen LogP) is 2.17. The minimum atomic E-state index is -5.18. The highest BCUT2D eigenvalue weighted by molar-refractivity contribution is 6.10. The van der Waals surface area contributed by atoms with Crippen LogP contribution in [0.5, 0.6) is 0 Å². The average Bonchev–Trinajstić information content (AvgIpc) is 3.15. The van der Waals surface area contributed by atoms with Crippen LogP contribution in [0, 0.1) is 0 Å². The Balaban J connectivity index is 1.93. The van der Waals surface area contributed by atoms with Gasteiger partial charge in [-0.15, -0.1) is 0 Å². The van der Waals surface area contributed by atoms with Crippen molar-refractivity contribution in [3.63, 3.8) is 0 Å². The van der Waals surface area contributed by atoms with Crippen LogP contribution in [0.3, 0.4) is 0 Å². The lowest BCUT2D eigenvalue weighted by Crippen LogP contribution is -2.69. The van der Waals surface area contributed by atoms with Crippen molar-refractivity contribution in [3.05, 3.63) is 35.9 Å². The number of hydrogen-bond acceptors (Lipinski definition) is 3. The Morgan fingerprint density at radius 3 is 2.32 bits per heavy atom. The zero-order valence-corrected chi connectivity index (χ0v) is 13.1. The Labute approximate surface area is 141 Å². The van der Waals surface area contributed by atoms with Gasteiger partial charge in [0.15, 0.2) is 0 Å². The molecule has 0 spiro atoms. The van der Waals surface area contributed by atoms with Gasteiger partial charge in [-0.1, -0.05) is 31.0 Å². The fourth-order valence-corrected chi connectivity index (χ4v) is 3.22. The molecule has 134 valence electrons. The first-order valence-electron chi connectivity index (χ1n) is 7.86. The zero-order valence-electron chi connectivity index (χ0n) is 13.1. The fraction of sp³-hybridized carbons (Fsp3) is 0.438. The van der Waals surface area contributed by atoms with Crippen LogP contribution in [0.15, 0.2) is 30.3 Å². The lowest BCUT2D eigenvalue weighted by atomic mass is 10.1. The van der Waals surface area contributed by atoms with Gasteiger partial charge in [0.2, 0.25) is 0 Å². The summed E-state index contributed by atoms with van der Waals surface area (Å²) in [6.07, 6.45) is -2.80. The van der Waals surface area contributed by atoms with Crippen LogP contribution < -0.4 is 10.6 Å². The van der Waals surface area contributed by atoms with Crippen LogP contribution in [0.25, 0.3) is 0 Å². The highest BCUT2D eigenvalue weighted by atomic mass is 19.4. The summed E-state index contributed by atoms with van der Waals surface area (Å²) in [7, 11) is 0. The summed E-state index contributed by atoms with van der Waals surface area (Å²) in [6, 6.07) is 5.48. The van der Waals surface area contributed by atoms with E-state index in [0.29, 0.717) is 17.7 Å². The maximum Gasteiger partial charge on any atom is 0.440 e. The van der Waals surface area contributed by atoms with Crippen LogP contribution in [0.1, 0.15) is 36.0 Å². The Morgan fingerprint density at radius 2 is 1.76 bits per heavy atom. The maximum atomic E-state index is 13.7. The molecule has 6 nitrogen and oxygen atoms in total. The maximum absolute atomic E-state index is 13.7. The van der Waals surface area contributed by atoms with E-state index in [2.05, 4.69) is 0 Å². The molecule has 1 unspecified atom stereocenters. The third-order valence-electron chi connectivity index (χ3n) is 4.50. The van der Waals surface area contributed by atoms with Gasteiger partial charge < -0.3 is 5.32 Å². The Hall–Kier alpha value is -2.58. The van der Waals surface area contributed by atoms with Gasteiger partial charge in [0.1, 0.15) is 0 Å². The number of benzene rings is 1. The molecule has 1 aromatic rings. The lowest BCUT2D eigenvalue weighted by molar-refractivity contribution is -0.200. The van der Waals surface area contributed by atoms with Crippen molar-refractivity contribution in [3.8, 4) is 0 Å². The molecular formula is C16H16F3N3O3. The van der Waals surface area contributed by atoms with Gasteiger partial charge in [0, 0.05) is 11.6 Å². The number of carbonyl (C=O) groups is 3. The van der Waals surface area contributed by atoms with Crippen LogP contribution in [0.2, 0.25) is 0 Å². The minimum absolute atomic E-state index is 0.0486. The van der Waals surface area contributed by atoms with Crippen LogP contribution >= 0.6 is 0 Å². The Bertz CT molecular complexity index is 702. The molecule has 1 aliphatic carbocycles. The third-order valence-corrected chi connectivity index (χ3v) is 4.50. The fourth-order valence-electron chi connectivity index (χ4n) is 3.22. The summed E-state index contributed by atoms with van der Waals surface area (Å²) in [5, 5.41) is 3.36. The SMILES string of the molecule is O=C(NC1(C(F)(F)F)NC(=O)N(C2CCCC2)C1=O)c1ccccc1. The number of hydrogen-bond donors (Lipinski definition) is 2. The van der Waals surface area contributed by atoms with Crippen molar-refractivity contribution in [2.24, 2.45) is 0 Å². The second-order valence-corrected chi connectivity index (χ2v) is 6.11. The molecular weight excluding hydrogens is 339 g/mol. The largest absolute Gasteiger partial charge is 0.440 e. The topological polar surface area (TPSA) is 78.5 Å². The van der Waals surface area contributed by atoms with E-state index in [0.717, 1.165) is 12.8 Å². The summed E-state index contributed by atoms with van der Waals surface area (Å²) in [4.78, 5) is 37.4. The van der Waals surface area contributed by atoms with Crippen molar-refractivity contribution in [2.75, 3.05) is 0 Å². The molecule has 1 heterocycles. The molecule has 9 heteroatoms. The highest BCUT2D eigenvalue weighted by Crippen LogP contribution is 2.37. The second kappa shape index (κ2) is 6.05. The summed E-state index contributed by atoms with van der Waals surface area (Å²) in [5.74, 6) is -2.58. The summed E-state index contributed by atoms with van der Waals surface area (Å²) < 4.78 is 41.1. The van der Waals surface area contributed by atoms with Crippen molar-refractivity contribution in [2.45, 2.75) is 43.6 Å². The first kappa shape index (κ1) is 17.2. The van der Waals surface area contributed by atoms with Crippen LogP contribution in [-0.4, -0.2) is 40.6 Å². The van der Waals surface area contributed by atoms with Crippen LogP contribution in [0.4, 0.5) is 18.0 Å². The van der Waals surface area contributed by atoms with Crippen molar-refractivity contribution < 1.29 is 27.6 Å². The van der Waals surface area contributed by atoms with Crippen molar-refractivity contribution >= 4 is 17.8 Å². The van der Waals surface area contributed by atoms with E-state index < -0.39 is 35.7 Å². The summed E-state index contributed by atoms with van der Waals surface area (Å²) in [5.41, 5.74) is -3.49. The van der Waals surface area contributed by atoms with E-state index >= 15 is 0 Å². The first-order valence-corrected chi connectivity index (χ1v) is 7.86. The Kier molecular flexibility index (Phi) is 4.18. The number of nitrogens with zero attached hydrogens (tertiary/aromatic N) is 1. The number of imide groups is 1. The van der Waals surface area contributed by atoms with E-state index in [1.54, 1.807) is 16.7 Å². The molecule has 1 atom stereocenters. The van der Waals surface area contributed by atoms with Gasteiger partial charge in [-0.05, 0) is 25.0 Å². The number of amides is 4. The molecule has 0 radical (unpaired) electrons. The van der Waals surface area contributed by atoms with Gasteiger partial charge in [-0.25, -0.2) is 4.79 Å². The second-order valence-electron chi connectivity index (χ2n) is 6.11. The monoisotopic (exact) mass is 355 g/mol. The smallest absolute Gasteiger partial charge is 0.314 e. The van der Waals surface area contributed by atoms with E-state index in [-0.39, 0.29) is 5.56 Å². The van der Waals surface area contributed by atoms with Gasteiger partial charge in [-0.2, -0.15) is 13.2 Å². The standard InChI is InChI=1S/C16H16F3N3O3/c17-16(18,19)15(20-12(23)10-6-2-1-3-7-10)13(24)22(14(25)21-15)11-8-4-5-9-11/h1-3,6-7,11H,4-5,8-9H2,(H,20,23)(H,21,25). The number of carbonyl (C=O) groups excluding carboxylic acids is 3. The molecule has 0 aromatic heterocycles. The molecule has 4 amide bonds. The molecule has 2 fully saturated rings. The molecule has 3 rings (SSSR count). The number of halogens is 3. The highest BCUT2D eigenvalue weighted by Gasteiger charge is 2.69. The Morgan fingerprint density at radius 1 is 1.16 bits per heavy atom. The first-order chi connectivity index (χ1) is 11.8. The average molecular weight is 355 g/mol. The molecule has 1 aliphatic heterocycles. The van der Waals surface area contributed by atoms with Crippen molar-refractivity contribution in [1.82, 2.24) is 15.5 Å². The molecule has 1 saturated heterocycles. The number of alkyl halides is 3. The van der Waals surface area contributed by atoms with Gasteiger partial charge in [0.05, 0.1) is 0 Å². The minimum Gasteiger partial charge on any atom is -0.314 e. The van der Waals surface area contributed by atoms with Crippen LogP contribution in [-0.2, 0) is 4.79 Å². The van der Waals surface area contributed by atoms with E-state index in [9.17, 15) is 27.6 Å². The van der Waals surface area contributed by atoms with E-state index in [1.807, 2.05) is 0 Å².